The summed E-state index contributed by atoms with van der Waals surface area (Å²) < 4.78 is 12.6. The second-order valence-electron chi connectivity index (χ2n) is 7.78. The minimum Gasteiger partial charge on any atom is -0.493 e. The average Bonchev–Trinajstić information content (AvgIpc) is 2.86. The maximum Gasteiger partial charge on any atom is 0.245 e. The number of nitrogens with one attached hydrogen (secondary N) is 1. The van der Waals surface area contributed by atoms with Crippen LogP contribution in [0.15, 0.2) is 53.7 Å². The van der Waals surface area contributed by atoms with E-state index in [0.29, 0.717) is 64.6 Å². The van der Waals surface area contributed by atoms with Gasteiger partial charge in [0.15, 0.2) is 11.5 Å². The number of anilines is 2. The molecule has 0 unspecified atom stereocenters. The van der Waals surface area contributed by atoms with E-state index in [1.165, 1.54) is 12.3 Å². The van der Waals surface area contributed by atoms with Crippen molar-refractivity contribution < 1.29 is 14.3 Å². The number of pyridine rings is 1. The van der Waals surface area contributed by atoms with Crippen LogP contribution in [0.25, 0.3) is 10.9 Å². The Morgan fingerprint density at radius 1 is 1.32 bits per heavy atom. The second kappa shape index (κ2) is 10.3. The van der Waals surface area contributed by atoms with Gasteiger partial charge in [-0.05, 0) is 46.3 Å². The molecule has 0 spiro atoms. The number of nitrogens with zero attached hydrogens (tertiary/aromatic N) is 3. The fourth-order valence-electron chi connectivity index (χ4n) is 3.89. The van der Waals surface area contributed by atoms with E-state index in [-0.39, 0.29) is 12.0 Å². The molecule has 7 nitrogen and oxygen atoms in total. The van der Waals surface area contributed by atoms with Gasteiger partial charge in [0.2, 0.25) is 5.91 Å². The van der Waals surface area contributed by atoms with Gasteiger partial charge in [-0.15, -0.1) is 0 Å². The predicted octanol–water partition coefficient (Wildman–Crippen LogP) is 5.83. The van der Waals surface area contributed by atoms with Gasteiger partial charge in [-0.25, -0.2) is 0 Å². The highest BCUT2D eigenvalue weighted by Gasteiger charge is 2.24. The Kier molecular flexibility index (Phi) is 7.25. The average molecular weight is 542 g/mol. The lowest BCUT2D eigenvalue weighted by atomic mass is 10.1. The molecule has 2 heterocycles. The molecule has 3 aromatic rings. The topological polar surface area (TPSA) is 87.5 Å². The number of rotatable bonds is 6. The van der Waals surface area contributed by atoms with Crippen molar-refractivity contribution in [2.45, 2.75) is 18.9 Å². The minimum absolute atomic E-state index is 0.0689. The first-order chi connectivity index (χ1) is 16.4. The smallest absolute Gasteiger partial charge is 0.245 e. The van der Waals surface area contributed by atoms with Crippen LogP contribution in [0, 0.1) is 11.3 Å². The highest BCUT2D eigenvalue weighted by Crippen LogP contribution is 2.39. The van der Waals surface area contributed by atoms with Gasteiger partial charge in [0.05, 0.1) is 28.9 Å². The molecule has 1 N–H and O–H groups in total. The molecule has 174 valence electrons. The summed E-state index contributed by atoms with van der Waals surface area (Å²) in [6, 6.07) is 11.3. The lowest BCUT2D eigenvalue weighted by molar-refractivity contribution is -0.127. The van der Waals surface area contributed by atoms with E-state index in [2.05, 4.69) is 38.9 Å². The van der Waals surface area contributed by atoms with Crippen LogP contribution >= 0.6 is 27.5 Å². The molecule has 0 saturated carbocycles. The second-order valence-corrected chi connectivity index (χ2v) is 9.04. The Bertz CT molecular complexity index is 1300. The molecule has 1 aliphatic rings. The van der Waals surface area contributed by atoms with Gasteiger partial charge in [0.1, 0.15) is 12.2 Å². The Balaban J connectivity index is 1.68. The summed E-state index contributed by atoms with van der Waals surface area (Å²) in [5.74, 6) is 1.03. The van der Waals surface area contributed by atoms with Gasteiger partial charge >= 0.3 is 0 Å². The lowest BCUT2D eigenvalue weighted by Gasteiger charge is -2.31. The predicted molar refractivity (Wildman–Crippen MR) is 136 cm³/mol. The Morgan fingerprint density at radius 2 is 2.09 bits per heavy atom. The molecule has 0 bridgehead atoms. The Hall–Kier alpha value is -3.28. The van der Waals surface area contributed by atoms with Gasteiger partial charge < -0.3 is 19.7 Å². The maximum atomic E-state index is 11.9. The van der Waals surface area contributed by atoms with Crippen LogP contribution in [0.5, 0.6) is 11.5 Å². The number of carbonyl (C=O) groups excluding carboxylic acids is 1. The number of piperidine rings is 1. The summed E-state index contributed by atoms with van der Waals surface area (Å²) in [5.41, 5.74) is 2.37. The van der Waals surface area contributed by atoms with E-state index in [9.17, 15) is 10.1 Å². The van der Waals surface area contributed by atoms with Crippen LogP contribution in [0.1, 0.15) is 18.4 Å². The Morgan fingerprint density at radius 3 is 2.74 bits per heavy atom. The summed E-state index contributed by atoms with van der Waals surface area (Å²) >= 11 is 9.65. The number of amides is 1. The van der Waals surface area contributed by atoms with E-state index in [0.717, 1.165) is 10.2 Å². The number of benzene rings is 2. The van der Waals surface area contributed by atoms with Crippen LogP contribution in [0.3, 0.4) is 0 Å². The summed E-state index contributed by atoms with van der Waals surface area (Å²) in [7, 11) is 1.58. The third-order valence-electron chi connectivity index (χ3n) is 5.68. The van der Waals surface area contributed by atoms with E-state index >= 15 is 0 Å². The highest BCUT2D eigenvalue weighted by atomic mass is 79.9. The lowest BCUT2D eigenvalue weighted by Crippen LogP contribution is -2.41. The van der Waals surface area contributed by atoms with E-state index in [1.54, 1.807) is 24.1 Å². The molecule has 4 rings (SSSR count). The normalized spacial score (nSPS) is 13.9. The number of methoxy groups -OCH3 is 1. The first-order valence-electron chi connectivity index (χ1n) is 10.6. The number of halogens is 2. The summed E-state index contributed by atoms with van der Waals surface area (Å²) in [5, 5.41) is 14.3. The van der Waals surface area contributed by atoms with E-state index < -0.39 is 0 Å². The fourth-order valence-corrected chi connectivity index (χ4v) is 4.32. The van der Waals surface area contributed by atoms with Gasteiger partial charge in [-0.3, -0.25) is 9.78 Å². The number of aromatic nitrogens is 1. The largest absolute Gasteiger partial charge is 0.493 e. The summed E-state index contributed by atoms with van der Waals surface area (Å²) in [6.45, 7) is 4.75. The van der Waals surface area contributed by atoms with Crippen molar-refractivity contribution in [2.75, 3.05) is 25.5 Å². The number of ether oxygens (including phenoxy) is 2. The van der Waals surface area contributed by atoms with Crippen LogP contribution in [0.4, 0.5) is 11.4 Å². The monoisotopic (exact) mass is 540 g/mol. The fraction of sp³-hybridized carbons (Fsp3) is 0.240. The zero-order valence-electron chi connectivity index (χ0n) is 18.5. The van der Waals surface area contributed by atoms with Crippen molar-refractivity contribution in [2.24, 2.45) is 0 Å². The van der Waals surface area contributed by atoms with E-state index in [1.807, 2.05) is 18.2 Å². The van der Waals surface area contributed by atoms with Gasteiger partial charge in [-0.1, -0.05) is 18.2 Å². The number of nitriles is 1. The number of fused-ring (bicyclic) bond motifs is 1. The van der Waals surface area contributed by atoms with Crippen molar-refractivity contribution in [1.29, 1.82) is 5.26 Å². The first-order valence-corrected chi connectivity index (χ1v) is 11.8. The standard InChI is InChI=1S/C25H22BrClN4O3/c1-3-24(32)31-8-6-17(7-9-31)34-23-11-18-21(12-22(23)33-2)29-14-15(13-28)25(18)30-16-4-5-19(26)20(27)10-16/h3-5,10-12,14,17H,1,6-9H2,2H3,(H,29,30). The first kappa shape index (κ1) is 23.9. The third-order valence-corrected chi connectivity index (χ3v) is 6.92. The van der Waals surface area contributed by atoms with Crippen molar-refractivity contribution in [3.63, 3.8) is 0 Å². The summed E-state index contributed by atoms with van der Waals surface area (Å²) in [4.78, 5) is 18.1. The Labute approximate surface area is 211 Å². The van der Waals surface area contributed by atoms with Crippen molar-refractivity contribution >= 4 is 55.7 Å². The quantitative estimate of drug-likeness (QED) is 0.395. The van der Waals surface area contributed by atoms with Gasteiger partial charge in [-0.2, -0.15) is 5.26 Å². The van der Waals surface area contributed by atoms with Crippen molar-refractivity contribution in [3.8, 4) is 17.6 Å². The molecular formula is C25H22BrClN4O3. The zero-order chi connectivity index (χ0) is 24.2. The molecular weight excluding hydrogens is 520 g/mol. The molecule has 1 aliphatic heterocycles. The molecule has 9 heteroatoms. The van der Waals surface area contributed by atoms with Crippen LogP contribution in [-0.2, 0) is 4.79 Å². The molecule has 2 aromatic carbocycles. The molecule has 0 radical (unpaired) electrons. The van der Waals surface area contributed by atoms with Gasteiger partial charge in [0, 0.05) is 53.7 Å². The van der Waals surface area contributed by atoms with Crippen molar-refractivity contribution in [3.05, 3.63) is 64.2 Å². The molecule has 0 atom stereocenters. The number of hydrogen-bond donors (Lipinski definition) is 1. The number of carbonyl (C=O) groups is 1. The molecule has 34 heavy (non-hydrogen) atoms. The van der Waals surface area contributed by atoms with Crippen LogP contribution in [-0.4, -0.2) is 42.1 Å². The van der Waals surface area contributed by atoms with Gasteiger partial charge in [0.25, 0.3) is 0 Å². The maximum absolute atomic E-state index is 11.9. The zero-order valence-corrected chi connectivity index (χ0v) is 20.8. The molecule has 0 aliphatic carbocycles. The van der Waals surface area contributed by atoms with Crippen LogP contribution < -0.4 is 14.8 Å². The number of likely N-dealkylation sites (tertiary alicyclic amines) is 1. The highest BCUT2D eigenvalue weighted by molar-refractivity contribution is 9.10. The molecule has 1 saturated heterocycles. The molecule has 1 aromatic heterocycles. The molecule has 1 fully saturated rings. The molecule has 1 amide bonds. The number of hydrogen-bond acceptors (Lipinski definition) is 6. The SMILES string of the molecule is C=CC(=O)N1CCC(Oc2cc3c(Nc4ccc(Br)c(Cl)c4)c(C#N)cnc3cc2OC)CC1. The van der Waals surface area contributed by atoms with Crippen LogP contribution in [0.2, 0.25) is 5.02 Å². The van der Waals surface area contributed by atoms with E-state index in [4.69, 9.17) is 21.1 Å². The summed E-state index contributed by atoms with van der Waals surface area (Å²) in [6.07, 6.45) is 4.17. The third kappa shape index (κ3) is 4.96. The minimum atomic E-state index is -0.0750. The van der Waals surface area contributed by atoms with Crippen molar-refractivity contribution in [1.82, 2.24) is 9.88 Å².